The molecule has 2 saturated carbocycles. The van der Waals surface area contributed by atoms with Crippen molar-refractivity contribution in [2.24, 2.45) is 23.7 Å². The molecule has 1 N–H and O–H groups in total. The lowest BCUT2D eigenvalue weighted by atomic mass is 9.78. The fourth-order valence-corrected chi connectivity index (χ4v) is 5.30. The maximum Gasteiger partial charge on any atom is 0.307 e. The highest BCUT2D eigenvalue weighted by molar-refractivity contribution is 5.94. The second-order valence-electron chi connectivity index (χ2n) is 8.14. The Hall–Kier alpha value is -2.37. The van der Waals surface area contributed by atoms with E-state index in [0.717, 1.165) is 38.0 Å². The number of amides is 1. The van der Waals surface area contributed by atoms with Crippen LogP contribution in [0.1, 0.15) is 36.5 Å². The van der Waals surface area contributed by atoms with E-state index in [1.807, 2.05) is 29.2 Å². The number of aliphatic carboxylic acids is 1. The molecule has 1 aromatic carbocycles. The number of carbonyl (C=O) groups excluding carboxylic acids is 2. The smallest absolute Gasteiger partial charge is 0.307 e. The monoisotopic (exact) mass is 370 g/mol. The van der Waals surface area contributed by atoms with E-state index in [0.29, 0.717) is 18.7 Å². The topological polar surface area (TPSA) is 77.9 Å². The molecule has 1 aliphatic heterocycles. The molecule has 0 aromatic heterocycles. The number of benzene rings is 1. The van der Waals surface area contributed by atoms with Crippen LogP contribution in [0.4, 0.5) is 5.69 Å². The van der Waals surface area contributed by atoms with E-state index in [1.165, 1.54) is 0 Å². The molecule has 6 nitrogen and oxygen atoms in total. The summed E-state index contributed by atoms with van der Waals surface area (Å²) in [5, 5.41) is 9.60. The van der Waals surface area contributed by atoms with Crippen molar-refractivity contribution in [1.29, 1.82) is 0 Å². The van der Waals surface area contributed by atoms with Crippen molar-refractivity contribution >= 4 is 23.3 Å². The molecule has 4 atom stereocenters. The number of Topliss-reactive ketones (excluding diaryl/α,β-unsaturated/α-hetero) is 1. The molecule has 4 rings (SSSR count). The average molecular weight is 370 g/mol. The van der Waals surface area contributed by atoms with Crippen LogP contribution in [0.5, 0.6) is 0 Å². The van der Waals surface area contributed by atoms with Crippen molar-refractivity contribution in [3.8, 4) is 0 Å². The molecule has 3 aliphatic rings. The van der Waals surface area contributed by atoms with Crippen LogP contribution in [0.15, 0.2) is 24.3 Å². The number of carboxylic acid groups (broad SMARTS) is 1. The van der Waals surface area contributed by atoms with Crippen molar-refractivity contribution < 1.29 is 19.5 Å². The number of hydrogen-bond acceptors (Lipinski definition) is 4. The van der Waals surface area contributed by atoms with Crippen molar-refractivity contribution in [2.45, 2.75) is 26.2 Å². The Bertz CT molecular complexity index is 752. The zero-order chi connectivity index (χ0) is 19.1. The number of anilines is 1. The highest BCUT2D eigenvalue weighted by Gasteiger charge is 2.54. The maximum absolute atomic E-state index is 13.1. The molecular weight excluding hydrogens is 344 g/mol. The summed E-state index contributed by atoms with van der Waals surface area (Å²) in [5.74, 6) is -1.10. The molecule has 1 saturated heterocycles. The molecule has 3 fully saturated rings. The molecule has 0 unspecified atom stereocenters. The summed E-state index contributed by atoms with van der Waals surface area (Å²) in [7, 11) is 0. The number of carbonyl (C=O) groups is 3. The Morgan fingerprint density at radius 3 is 2.07 bits per heavy atom. The largest absolute Gasteiger partial charge is 0.481 e. The summed E-state index contributed by atoms with van der Waals surface area (Å²) in [6.07, 6.45) is 2.85. The van der Waals surface area contributed by atoms with Crippen LogP contribution in [0, 0.1) is 23.7 Å². The van der Waals surface area contributed by atoms with Gasteiger partial charge in [-0.3, -0.25) is 14.4 Å². The van der Waals surface area contributed by atoms with Gasteiger partial charge in [-0.2, -0.15) is 0 Å². The van der Waals surface area contributed by atoms with E-state index in [2.05, 4.69) is 4.90 Å². The van der Waals surface area contributed by atoms with E-state index in [-0.39, 0.29) is 29.4 Å². The van der Waals surface area contributed by atoms with Crippen molar-refractivity contribution in [3.63, 3.8) is 0 Å². The van der Waals surface area contributed by atoms with Gasteiger partial charge >= 0.3 is 5.97 Å². The third-order valence-electron chi connectivity index (χ3n) is 6.72. The van der Waals surface area contributed by atoms with Gasteiger partial charge in [0.05, 0.1) is 11.8 Å². The fraction of sp³-hybridized carbons (Fsp3) is 0.571. The summed E-state index contributed by atoms with van der Waals surface area (Å²) in [6, 6.07) is 7.57. The van der Waals surface area contributed by atoms with Gasteiger partial charge in [0.15, 0.2) is 5.78 Å². The Labute approximate surface area is 159 Å². The van der Waals surface area contributed by atoms with Gasteiger partial charge in [0, 0.05) is 37.4 Å². The van der Waals surface area contributed by atoms with Crippen LogP contribution >= 0.6 is 0 Å². The molecule has 27 heavy (non-hydrogen) atoms. The molecular formula is C21H26N2O4. The Morgan fingerprint density at radius 1 is 0.926 bits per heavy atom. The van der Waals surface area contributed by atoms with E-state index in [9.17, 15) is 19.5 Å². The highest BCUT2D eigenvalue weighted by Crippen LogP contribution is 2.53. The minimum absolute atomic E-state index is 0.0428. The molecule has 1 amide bonds. The van der Waals surface area contributed by atoms with Crippen LogP contribution in [0.25, 0.3) is 0 Å². The number of hydrogen-bond donors (Lipinski definition) is 1. The molecule has 2 aliphatic carbocycles. The lowest BCUT2D eigenvalue weighted by Gasteiger charge is -2.39. The minimum Gasteiger partial charge on any atom is -0.481 e. The molecule has 0 spiro atoms. The summed E-state index contributed by atoms with van der Waals surface area (Å²) < 4.78 is 0. The van der Waals surface area contributed by atoms with Gasteiger partial charge in [-0.1, -0.05) is 0 Å². The summed E-state index contributed by atoms with van der Waals surface area (Å²) in [4.78, 5) is 40.3. The van der Waals surface area contributed by atoms with Gasteiger partial charge < -0.3 is 14.9 Å². The zero-order valence-electron chi connectivity index (χ0n) is 15.6. The standard InChI is InChI=1S/C21H26N2O4/c1-13(24)14-4-6-17(7-5-14)22-8-10-23(11-9-22)20(25)18-15-2-3-16(12-15)19(18)21(26)27/h4-7,15-16,18-19H,2-3,8-12H2,1H3,(H,26,27)/t15-,16-,18+,19+/m0/s1. The van der Waals surface area contributed by atoms with E-state index in [1.54, 1.807) is 6.92 Å². The second kappa shape index (κ2) is 6.98. The first-order valence-electron chi connectivity index (χ1n) is 9.83. The normalized spacial score (nSPS) is 29.8. The summed E-state index contributed by atoms with van der Waals surface area (Å²) in [5.41, 5.74) is 1.75. The second-order valence-corrected chi connectivity index (χ2v) is 8.14. The number of rotatable bonds is 4. The van der Waals surface area contributed by atoms with Crippen molar-refractivity contribution in [2.75, 3.05) is 31.1 Å². The number of piperazine rings is 1. The molecule has 1 aromatic rings. The lowest BCUT2D eigenvalue weighted by Crippen LogP contribution is -2.52. The first-order valence-corrected chi connectivity index (χ1v) is 9.83. The van der Waals surface area contributed by atoms with Crippen molar-refractivity contribution in [1.82, 2.24) is 4.90 Å². The summed E-state index contributed by atoms with van der Waals surface area (Å²) in [6.45, 7) is 4.24. The number of carboxylic acids is 1. The average Bonchev–Trinajstić information content (AvgIpc) is 3.29. The highest BCUT2D eigenvalue weighted by atomic mass is 16.4. The maximum atomic E-state index is 13.1. The Balaban J connectivity index is 1.39. The molecule has 2 bridgehead atoms. The molecule has 144 valence electrons. The van der Waals surface area contributed by atoms with Gasteiger partial charge in [0.2, 0.25) is 5.91 Å². The van der Waals surface area contributed by atoms with Gasteiger partial charge in [-0.25, -0.2) is 0 Å². The van der Waals surface area contributed by atoms with Crippen LogP contribution in [-0.2, 0) is 9.59 Å². The summed E-state index contributed by atoms with van der Waals surface area (Å²) >= 11 is 0. The lowest BCUT2D eigenvalue weighted by molar-refractivity contribution is -0.153. The third kappa shape index (κ3) is 3.22. The van der Waals surface area contributed by atoms with Gasteiger partial charge in [0.25, 0.3) is 0 Å². The minimum atomic E-state index is -0.801. The predicted octanol–water partition coefficient (Wildman–Crippen LogP) is 2.28. The molecule has 6 heteroatoms. The van der Waals surface area contributed by atoms with Gasteiger partial charge in [-0.15, -0.1) is 0 Å². The van der Waals surface area contributed by atoms with Gasteiger partial charge in [0.1, 0.15) is 0 Å². The van der Waals surface area contributed by atoms with E-state index in [4.69, 9.17) is 0 Å². The predicted molar refractivity (Wildman–Crippen MR) is 101 cm³/mol. The number of nitrogens with zero attached hydrogens (tertiary/aromatic N) is 2. The van der Waals surface area contributed by atoms with Gasteiger partial charge in [-0.05, 0) is 62.3 Å². The molecule has 1 heterocycles. The van der Waals surface area contributed by atoms with Crippen LogP contribution in [0.3, 0.4) is 0 Å². The van der Waals surface area contributed by atoms with Crippen molar-refractivity contribution in [3.05, 3.63) is 29.8 Å². The van der Waals surface area contributed by atoms with Crippen LogP contribution < -0.4 is 4.90 Å². The first-order chi connectivity index (χ1) is 13.0. The number of ketones is 1. The number of fused-ring (bicyclic) bond motifs is 2. The Morgan fingerprint density at radius 2 is 1.52 bits per heavy atom. The fourth-order valence-electron chi connectivity index (χ4n) is 5.30. The third-order valence-corrected chi connectivity index (χ3v) is 6.72. The quantitative estimate of drug-likeness (QED) is 0.823. The van der Waals surface area contributed by atoms with Crippen LogP contribution in [0.2, 0.25) is 0 Å². The van der Waals surface area contributed by atoms with E-state index >= 15 is 0 Å². The Kier molecular flexibility index (Phi) is 4.66. The molecule has 0 radical (unpaired) electrons. The van der Waals surface area contributed by atoms with E-state index < -0.39 is 11.9 Å². The SMILES string of the molecule is CC(=O)c1ccc(N2CCN(C(=O)[C@@H]3[C@H]4CC[C@@H](C4)[C@H]3C(=O)O)CC2)cc1. The van der Waals surface area contributed by atoms with Crippen LogP contribution in [-0.4, -0.2) is 53.8 Å². The zero-order valence-corrected chi connectivity index (χ0v) is 15.6. The first kappa shape index (κ1) is 18.0.